The van der Waals surface area contributed by atoms with Crippen LogP contribution in [0.4, 0.5) is 0 Å². The van der Waals surface area contributed by atoms with Crippen molar-refractivity contribution >= 4 is 33.5 Å². The summed E-state index contributed by atoms with van der Waals surface area (Å²) in [5.74, 6) is -0.00757. The predicted molar refractivity (Wildman–Crippen MR) is 125 cm³/mol. The van der Waals surface area contributed by atoms with Gasteiger partial charge in [0.15, 0.2) is 10.7 Å². The minimum Gasteiger partial charge on any atom is -0.340 e. The molecule has 1 atom stereocenters. The third kappa shape index (κ3) is 4.15. The Morgan fingerprint density at radius 2 is 2.10 bits per heavy atom. The van der Waals surface area contributed by atoms with Crippen LogP contribution >= 0.6 is 22.7 Å². The van der Waals surface area contributed by atoms with E-state index in [-0.39, 0.29) is 5.91 Å². The molecule has 8 heteroatoms. The maximum absolute atomic E-state index is 13.4. The SMILES string of the molecule is CN(CCc1ccccc1)C(=O)c1nc2sccn2c1CN1CCC[C@H]1c1nccs1. The van der Waals surface area contributed by atoms with E-state index >= 15 is 0 Å². The van der Waals surface area contributed by atoms with E-state index < -0.39 is 0 Å². The van der Waals surface area contributed by atoms with Crippen molar-refractivity contribution in [1.29, 1.82) is 0 Å². The molecule has 1 aliphatic heterocycles. The lowest BCUT2D eigenvalue weighted by Crippen LogP contribution is -2.31. The zero-order valence-corrected chi connectivity index (χ0v) is 19.1. The van der Waals surface area contributed by atoms with Crippen LogP contribution in [0, 0.1) is 0 Å². The molecule has 0 saturated carbocycles. The van der Waals surface area contributed by atoms with Crippen LogP contribution in [0.25, 0.3) is 4.96 Å². The van der Waals surface area contributed by atoms with Gasteiger partial charge in [0.2, 0.25) is 0 Å². The van der Waals surface area contributed by atoms with Gasteiger partial charge in [-0.25, -0.2) is 9.97 Å². The van der Waals surface area contributed by atoms with E-state index in [9.17, 15) is 4.79 Å². The average Bonchev–Trinajstić information content (AvgIpc) is 3.57. The first-order valence-corrected chi connectivity index (χ1v) is 12.3. The molecule has 1 aromatic carbocycles. The fraction of sp³-hybridized carbons (Fsp3) is 0.348. The van der Waals surface area contributed by atoms with Gasteiger partial charge in [0.25, 0.3) is 5.91 Å². The lowest BCUT2D eigenvalue weighted by atomic mass is 10.1. The normalized spacial score (nSPS) is 16.9. The highest BCUT2D eigenvalue weighted by atomic mass is 32.1. The van der Waals surface area contributed by atoms with Crippen molar-refractivity contribution in [2.75, 3.05) is 20.1 Å². The van der Waals surface area contributed by atoms with Crippen molar-refractivity contribution < 1.29 is 4.79 Å². The molecule has 0 N–H and O–H groups in total. The number of thiazole rings is 2. The highest BCUT2D eigenvalue weighted by Crippen LogP contribution is 2.35. The molecule has 1 fully saturated rings. The van der Waals surface area contributed by atoms with Gasteiger partial charge in [-0.3, -0.25) is 14.1 Å². The third-order valence-corrected chi connectivity index (χ3v) is 7.58. The number of benzene rings is 1. The number of fused-ring (bicyclic) bond motifs is 1. The molecular weight excluding hydrogens is 426 g/mol. The van der Waals surface area contributed by atoms with E-state index in [0.717, 1.165) is 41.5 Å². The van der Waals surface area contributed by atoms with Crippen LogP contribution < -0.4 is 0 Å². The molecule has 31 heavy (non-hydrogen) atoms. The molecule has 1 aliphatic rings. The highest BCUT2D eigenvalue weighted by Gasteiger charge is 2.31. The fourth-order valence-corrected chi connectivity index (χ4v) is 5.80. The Hall–Kier alpha value is -2.55. The Bertz CT molecular complexity index is 1150. The van der Waals surface area contributed by atoms with Gasteiger partial charge in [0.05, 0.1) is 11.7 Å². The number of hydrogen-bond donors (Lipinski definition) is 0. The van der Waals surface area contributed by atoms with Gasteiger partial charge < -0.3 is 4.90 Å². The van der Waals surface area contributed by atoms with Crippen LogP contribution in [0.15, 0.2) is 53.5 Å². The molecule has 5 rings (SSSR count). The summed E-state index contributed by atoms with van der Waals surface area (Å²) in [5.41, 5.74) is 2.79. The van der Waals surface area contributed by atoms with Crippen LogP contribution in [0.1, 0.15) is 45.6 Å². The lowest BCUT2D eigenvalue weighted by molar-refractivity contribution is 0.0788. The molecular formula is C23H25N5OS2. The van der Waals surface area contributed by atoms with Crippen molar-refractivity contribution in [2.24, 2.45) is 0 Å². The Kier molecular flexibility index (Phi) is 5.85. The monoisotopic (exact) mass is 451 g/mol. The lowest BCUT2D eigenvalue weighted by Gasteiger charge is -2.23. The first-order chi connectivity index (χ1) is 15.2. The zero-order valence-electron chi connectivity index (χ0n) is 17.5. The summed E-state index contributed by atoms with van der Waals surface area (Å²) < 4.78 is 2.08. The van der Waals surface area contributed by atoms with Crippen molar-refractivity contribution in [3.05, 3.63) is 75.4 Å². The molecule has 0 spiro atoms. The van der Waals surface area contributed by atoms with Gasteiger partial charge >= 0.3 is 0 Å². The molecule has 0 unspecified atom stereocenters. The van der Waals surface area contributed by atoms with Crippen molar-refractivity contribution in [2.45, 2.75) is 31.8 Å². The molecule has 0 radical (unpaired) electrons. The Morgan fingerprint density at radius 1 is 1.23 bits per heavy atom. The molecule has 4 heterocycles. The van der Waals surface area contributed by atoms with Crippen LogP contribution in [0.2, 0.25) is 0 Å². The van der Waals surface area contributed by atoms with Gasteiger partial charge in [-0.05, 0) is 31.4 Å². The number of rotatable bonds is 7. The number of carbonyl (C=O) groups excluding carboxylic acids is 1. The Morgan fingerprint density at radius 3 is 2.90 bits per heavy atom. The summed E-state index contributed by atoms with van der Waals surface area (Å²) in [5, 5.41) is 5.23. The summed E-state index contributed by atoms with van der Waals surface area (Å²) in [6.45, 7) is 2.38. The standard InChI is InChI=1S/C23H25N5OS2/c1-26(12-9-17-6-3-2-4-7-17)22(29)20-19(28-13-15-31-23(28)25-20)16-27-11-5-8-18(27)21-24-10-14-30-21/h2-4,6-7,10,13-15,18H,5,8-9,11-12,16H2,1H3/t18-/m0/s1. The molecule has 3 aromatic heterocycles. The van der Waals surface area contributed by atoms with E-state index in [0.29, 0.717) is 24.8 Å². The number of nitrogens with zero attached hydrogens (tertiary/aromatic N) is 5. The topological polar surface area (TPSA) is 53.7 Å². The quantitative estimate of drug-likeness (QED) is 0.415. The van der Waals surface area contributed by atoms with Crippen molar-refractivity contribution in [3.8, 4) is 0 Å². The molecule has 160 valence electrons. The number of amides is 1. The first-order valence-electron chi connectivity index (χ1n) is 10.6. The summed E-state index contributed by atoms with van der Waals surface area (Å²) in [6, 6.07) is 10.6. The second-order valence-corrected chi connectivity index (χ2v) is 9.72. The van der Waals surface area contributed by atoms with Gasteiger partial charge in [-0.15, -0.1) is 22.7 Å². The number of carbonyl (C=O) groups is 1. The smallest absolute Gasteiger partial charge is 0.274 e. The fourth-order valence-electron chi connectivity index (χ4n) is 4.27. The number of aromatic nitrogens is 3. The molecule has 6 nitrogen and oxygen atoms in total. The van der Waals surface area contributed by atoms with E-state index in [4.69, 9.17) is 4.98 Å². The number of likely N-dealkylation sites (tertiary alicyclic amines) is 1. The first kappa shape index (κ1) is 20.4. The molecule has 0 aliphatic carbocycles. The third-order valence-electron chi connectivity index (χ3n) is 5.94. The molecule has 1 amide bonds. The van der Waals surface area contributed by atoms with E-state index in [1.807, 2.05) is 48.4 Å². The summed E-state index contributed by atoms with van der Waals surface area (Å²) >= 11 is 3.28. The van der Waals surface area contributed by atoms with E-state index in [1.54, 1.807) is 27.6 Å². The summed E-state index contributed by atoms with van der Waals surface area (Å²) in [4.78, 5) is 27.8. The van der Waals surface area contributed by atoms with Crippen LogP contribution in [0.3, 0.4) is 0 Å². The molecule has 4 aromatic rings. The Labute approximate surface area is 189 Å². The number of imidazole rings is 1. The maximum Gasteiger partial charge on any atom is 0.274 e. The van der Waals surface area contributed by atoms with Gasteiger partial charge in [0, 0.05) is 43.3 Å². The van der Waals surface area contributed by atoms with Gasteiger partial charge in [-0.2, -0.15) is 0 Å². The van der Waals surface area contributed by atoms with E-state index in [2.05, 4.69) is 26.4 Å². The Balaban J connectivity index is 1.37. The minimum absolute atomic E-state index is 0.00757. The van der Waals surface area contributed by atoms with Gasteiger partial charge in [0.1, 0.15) is 5.01 Å². The van der Waals surface area contributed by atoms with Crippen molar-refractivity contribution in [1.82, 2.24) is 24.2 Å². The second kappa shape index (κ2) is 8.90. The molecule has 0 bridgehead atoms. The number of hydrogen-bond acceptors (Lipinski definition) is 6. The average molecular weight is 452 g/mol. The number of likely N-dealkylation sites (N-methyl/N-ethyl adjacent to an activating group) is 1. The van der Waals surface area contributed by atoms with E-state index in [1.165, 1.54) is 5.56 Å². The zero-order chi connectivity index (χ0) is 21.2. The van der Waals surface area contributed by atoms with Crippen molar-refractivity contribution in [3.63, 3.8) is 0 Å². The largest absolute Gasteiger partial charge is 0.340 e. The maximum atomic E-state index is 13.4. The predicted octanol–water partition coefficient (Wildman–Crippen LogP) is 4.50. The van der Waals surface area contributed by atoms with Crippen LogP contribution in [-0.2, 0) is 13.0 Å². The molecule has 1 saturated heterocycles. The van der Waals surface area contributed by atoms with Crippen LogP contribution in [-0.4, -0.2) is 50.2 Å². The van der Waals surface area contributed by atoms with Gasteiger partial charge in [-0.1, -0.05) is 30.3 Å². The summed E-state index contributed by atoms with van der Waals surface area (Å²) in [7, 11) is 1.87. The highest BCUT2D eigenvalue weighted by molar-refractivity contribution is 7.15. The second-order valence-electron chi connectivity index (χ2n) is 7.92. The minimum atomic E-state index is -0.00757. The summed E-state index contributed by atoms with van der Waals surface area (Å²) in [6.07, 6.45) is 6.99. The van der Waals surface area contributed by atoms with Crippen LogP contribution in [0.5, 0.6) is 0 Å².